The molecule has 1 aliphatic heterocycles. The summed E-state index contributed by atoms with van der Waals surface area (Å²) in [5.74, 6) is -0.426. The van der Waals surface area contributed by atoms with Crippen molar-refractivity contribution in [1.29, 1.82) is 0 Å². The lowest BCUT2D eigenvalue weighted by atomic mass is 10.1. The van der Waals surface area contributed by atoms with Crippen LogP contribution in [0.2, 0.25) is 5.15 Å². The molecule has 1 fully saturated rings. The summed E-state index contributed by atoms with van der Waals surface area (Å²) in [7, 11) is 0. The van der Waals surface area contributed by atoms with E-state index in [9.17, 15) is 9.59 Å². The Morgan fingerprint density at radius 2 is 2.08 bits per heavy atom. The van der Waals surface area contributed by atoms with Gasteiger partial charge in [0.05, 0.1) is 5.75 Å². The average Bonchev–Trinajstić information content (AvgIpc) is 2.50. The van der Waals surface area contributed by atoms with Gasteiger partial charge in [-0.2, -0.15) is 0 Å². The van der Waals surface area contributed by atoms with Crippen molar-refractivity contribution in [2.24, 2.45) is 0 Å². The maximum absolute atomic E-state index is 12.4. The third-order valence-corrected chi connectivity index (χ3v) is 4.71. The molecule has 0 aliphatic carbocycles. The summed E-state index contributed by atoms with van der Waals surface area (Å²) in [4.78, 5) is 35.4. The predicted molar refractivity (Wildman–Crippen MR) is 102 cm³/mol. The number of hydrogen-bond acceptors (Lipinski definition) is 6. The molecule has 1 saturated heterocycles. The molecular formula is C16H24ClN5O3S. The normalized spacial score (nSPS) is 18.0. The van der Waals surface area contributed by atoms with Gasteiger partial charge in [0.1, 0.15) is 11.0 Å². The van der Waals surface area contributed by atoms with E-state index in [0.29, 0.717) is 30.6 Å². The van der Waals surface area contributed by atoms with Gasteiger partial charge in [0.2, 0.25) is 0 Å². The van der Waals surface area contributed by atoms with Crippen LogP contribution in [0.25, 0.3) is 0 Å². The number of urea groups is 1. The molecule has 0 bridgehead atoms. The highest BCUT2D eigenvalue weighted by Gasteiger charge is 2.30. The lowest BCUT2D eigenvalue weighted by Crippen LogP contribution is -2.59. The number of anilines is 1. The van der Waals surface area contributed by atoms with E-state index < -0.39 is 5.97 Å². The van der Waals surface area contributed by atoms with Gasteiger partial charge in [-0.15, -0.1) is 0 Å². The van der Waals surface area contributed by atoms with Crippen LogP contribution in [0.3, 0.4) is 0 Å². The minimum absolute atomic E-state index is 0.00466. The number of nitrogens with one attached hydrogen (secondary N) is 1. The van der Waals surface area contributed by atoms with Gasteiger partial charge >= 0.3 is 12.0 Å². The van der Waals surface area contributed by atoms with Crippen LogP contribution in [-0.2, 0) is 4.79 Å². The fourth-order valence-electron chi connectivity index (χ4n) is 2.60. The monoisotopic (exact) mass is 401 g/mol. The number of hydrogen-bond donors (Lipinski definition) is 2. The number of rotatable bonds is 4. The highest BCUT2D eigenvalue weighted by molar-refractivity contribution is 7.99. The molecule has 2 heterocycles. The number of amides is 2. The summed E-state index contributed by atoms with van der Waals surface area (Å²) in [6, 6.07) is 1.57. The summed E-state index contributed by atoms with van der Waals surface area (Å²) >= 11 is 7.09. The largest absolute Gasteiger partial charge is 0.481 e. The first kappa shape index (κ1) is 20.6. The first-order valence-corrected chi connectivity index (χ1v) is 9.64. The summed E-state index contributed by atoms with van der Waals surface area (Å²) in [6.07, 6.45) is 0. The lowest BCUT2D eigenvalue weighted by Gasteiger charge is -2.41. The maximum Gasteiger partial charge on any atom is 0.318 e. The molecule has 0 radical (unpaired) electrons. The molecular weight excluding hydrogens is 378 g/mol. The van der Waals surface area contributed by atoms with E-state index >= 15 is 0 Å². The first-order valence-electron chi connectivity index (χ1n) is 8.28. The van der Waals surface area contributed by atoms with Crippen molar-refractivity contribution in [3.8, 4) is 0 Å². The van der Waals surface area contributed by atoms with Gasteiger partial charge in [-0.1, -0.05) is 23.4 Å². The van der Waals surface area contributed by atoms with Crippen LogP contribution in [0.4, 0.5) is 10.6 Å². The van der Waals surface area contributed by atoms with Crippen molar-refractivity contribution in [2.45, 2.75) is 44.4 Å². The molecule has 26 heavy (non-hydrogen) atoms. The Bertz CT molecular complexity index is 682. The van der Waals surface area contributed by atoms with Crippen LogP contribution < -0.4 is 10.2 Å². The van der Waals surface area contributed by atoms with E-state index in [-0.39, 0.29) is 28.5 Å². The van der Waals surface area contributed by atoms with Crippen molar-refractivity contribution in [3.63, 3.8) is 0 Å². The number of carboxylic acids is 1. The second-order valence-electron chi connectivity index (χ2n) is 7.18. The molecule has 2 amide bonds. The number of thioether (sulfide) groups is 1. The molecule has 2 rings (SSSR count). The average molecular weight is 402 g/mol. The van der Waals surface area contributed by atoms with Gasteiger partial charge in [0.25, 0.3) is 0 Å². The Morgan fingerprint density at radius 1 is 1.38 bits per heavy atom. The Labute approximate surface area is 162 Å². The number of halogens is 1. The van der Waals surface area contributed by atoms with Crippen LogP contribution >= 0.6 is 23.4 Å². The molecule has 0 aromatic carbocycles. The van der Waals surface area contributed by atoms with Crippen molar-refractivity contribution < 1.29 is 14.7 Å². The molecule has 1 aromatic rings. The number of aliphatic carboxylic acids is 1. The maximum atomic E-state index is 12.4. The molecule has 0 saturated carbocycles. The molecule has 1 aromatic heterocycles. The molecule has 2 N–H and O–H groups in total. The van der Waals surface area contributed by atoms with E-state index in [4.69, 9.17) is 16.7 Å². The van der Waals surface area contributed by atoms with E-state index in [2.05, 4.69) is 15.3 Å². The van der Waals surface area contributed by atoms with Crippen LogP contribution in [0.1, 0.15) is 27.7 Å². The quantitative estimate of drug-likeness (QED) is 0.453. The highest BCUT2D eigenvalue weighted by Crippen LogP contribution is 2.24. The zero-order valence-electron chi connectivity index (χ0n) is 15.3. The smallest absolute Gasteiger partial charge is 0.318 e. The SMILES string of the molecule is CC1CN(c2cc(Cl)nc(SCC(=O)O)n2)CCN1C(=O)NC(C)(C)C. The minimum atomic E-state index is -0.938. The first-order chi connectivity index (χ1) is 12.0. The van der Waals surface area contributed by atoms with Gasteiger partial charge in [0.15, 0.2) is 5.16 Å². The Balaban J connectivity index is 2.06. The van der Waals surface area contributed by atoms with Crippen LogP contribution in [0.5, 0.6) is 0 Å². The van der Waals surface area contributed by atoms with Crippen LogP contribution in [0.15, 0.2) is 11.2 Å². The van der Waals surface area contributed by atoms with Gasteiger partial charge in [-0.25, -0.2) is 14.8 Å². The fraction of sp³-hybridized carbons (Fsp3) is 0.625. The molecule has 144 valence electrons. The number of carbonyl (C=O) groups is 2. The molecule has 0 spiro atoms. The van der Waals surface area contributed by atoms with Crippen molar-refractivity contribution >= 4 is 41.2 Å². The summed E-state index contributed by atoms with van der Waals surface area (Å²) in [5, 5.41) is 12.4. The Hall–Kier alpha value is -1.74. The summed E-state index contributed by atoms with van der Waals surface area (Å²) in [5.41, 5.74) is -0.287. The summed E-state index contributed by atoms with van der Waals surface area (Å²) < 4.78 is 0. The fourth-order valence-corrected chi connectivity index (χ4v) is 3.40. The van der Waals surface area contributed by atoms with Gasteiger partial charge in [-0.3, -0.25) is 4.79 Å². The highest BCUT2D eigenvalue weighted by atomic mass is 35.5. The number of aromatic nitrogens is 2. The molecule has 1 unspecified atom stereocenters. The minimum Gasteiger partial charge on any atom is -0.481 e. The van der Waals surface area contributed by atoms with E-state index in [0.717, 1.165) is 11.8 Å². The van der Waals surface area contributed by atoms with E-state index in [1.54, 1.807) is 6.07 Å². The third-order valence-electron chi connectivity index (χ3n) is 3.68. The van der Waals surface area contributed by atoms with Crippen LogP contribution in [-0.4, -0.2) is 68.9 Å². The molecule has 1 atom stereocenters. The zero-order chi connectivity index (χ0) is 19.5. The van der Waals surface area contributed by atoms with Gasteiger partial charge in [-0.05, 0) is 27.7 Å². The number of carboxylic acid groups (broad SMARTS) is 1. The Kier molecular flexibility index (Phi) is 6.57. The standard InChI is InChI=1S/C16H24ClN5O3S/c1-10-8-21(5-6-22(10)15(25)20-16(2,3)4)12-7-11(17)18-14(19-12)26-9-13(23)24/h7,10H,5-6,8-9H2,1-4H3,(H,20,25)(H,23,24). The van der Waals surface area contributed by atoms with Gasteiger partial charge in [0, 0.05) is 37.3 Å². The number of carbonyl (C=O) groups excluding carboxylic acids is 1. The van der Waals surface area contributed by atoms with E-state index in [1.165, 1.54) is 0 Å². The van der Waals surface area contributed by atoms with Crippen LogP contribution in [0, 0.1) is 0 Å². The summed E-state index contributed by atoms with van der Waals surface area (Å²) in [6.45, 7) is 9.60. The predicted octanol–water partition coefficient (Wildman–Crippen LogP) is 2.33. The lowest BCUT2D eigenvalue weighted by molar-refractivity contribution is -0.133. The topological polar surface area (TPSA) is 98.7 Å². The Morgan fingerprint density at radius 3 is 2.65 bits per heavy atom. The van der Waals surface area contributed by atoms with Crippen molar-refractivity contribution in [3.05, 3.63) is 11.2 Å². The van der Waals surface area contributed by atoms with Crippen molar-refractivity contribution in [2.75, 3.05) is 30.3 Å². The second-order valence-corrected chi connectivity index (χ2v) is 8.51. The number of piperazine rings is 1. The number of nitrogens with zero attached hydrogens (tertiary/aromatic N) is 4. The van der Waals surface area contributed by atoms with E-state index in [1.807, 2.05) is 37.5 Å². The second kappa shape index (κ2) is 8.30. The molecule has 1 aliphatic rings. The zero-order valence-corrected chi connectivity index (χ0v) is 16.9. The van der Waals surface area contributed by atoms with Crippen molar-refractivity contribution in [1.82, 2.24) is 20.2 Å². The third kappa shape index (κ3) is 5.91. The van der Waals surface area contributed by atoms with Gasteiger partial charge < -0.3 is 20.2 Å². The molecule has 10 heteroatoms. The molecule has 8 nitrogen and oxygen atoms in total.